The molecule has 0 fully saturated rings. The van der Waals surface area contributed by atoms with E-state index >= 15 is 0 Å². The number of hydrogen-bond donors (Lipinski definition) is 0. The lowest BCUT2D eigenvalue weighted by atomic mass is 9.78. The van der Waals surface area contributed by atoms with Crippen molar-refractivity contribution in [2.24, 2.45) is 0 Å². The molecule has 0 N–H and O–H groups in total. The molecule has 0 saturated heterocycles. The van der Waals surface area contributed by atoms with Gasteiger partial charge in [-0.05, 0) is 107 Å². The van der Waals surface area contributed by atoms with Crippen molar-refractivity contribution in [3.63, 3.8) is 0 Å². The van der Waals surface area contributed by atoms with Crippen LogP contribution >= 0.6 is 0 Å². The Kier molecular flexibility index (Phi) is 8.97. The number of hydrogen-bond acceptors (Lipinski definition) is 14. The van der Waals surface area contributed by atoms with Crippen LogP contribution < -0.4 is 9.47 Å². The summed E-state index contributed by atoms with van der Waals surface area (Å²) in [7, 11) is 0. The van der Waals surface area contributed by atoms with E-state index in [0.717, 1.165) is 11.1 Å². The maximum absolute atomic E-state index is 11.8. The molecule has 14 nitrogen and oxygen atoms in total. The van der Waals surface area contributed by atoms with E-state index in [1.807, 2.05) is 48.5 Å². The zero-order valence-corrected chi connectivity index (χ0v) is 31.8. The molecule has 14 heteroatoms. The lowest BCUT2D eigenvalue weighted by Crippen LogP contribution is -2.18. The molecular weight excluding hydrogens is 789 g/mol. The second-order valence-corrected chi connectivity index (χ2v) is 14.5. The Morgan fingerprint density at radius 3 is 0.902 bits per heavy atom. The highest BCUT2D eigenvalue weighted by molar-refractivity contribution is 6.17. The van der Waals surface area contributed by atoms with E-state index in [1.165, 1.54) is 48.5 Å². The maximum atomic E-state index is 11.8. The SMILES string of the molecule is CC(C)(c1ccc(Oc2ccc3c(c2)C(=O)OC3=O)cc1)c1ccc(Oc2ccc3c(c2)C(=O)OC3=O)cc1.O=C1OC(=O)c2cc(-c3ccc4c(c3)C(=O)OC4=O)ccc21. The van der Waals surface area contributed by atoms with Crippen LogP contribution in [0.4, 0.5) is 0 Å². The highest BCUT2D eigenvalue weighted by Crippen LogP contribution is 2.36. The van der Waals surface area contributed by atoms with Crippen LogP contribution in [-0.2, 0) is 24.4 Å². The van der Waals surface area contributed by atoms with E-state index in [0.29, 0.717) is 34.1 Å². The van der Waals surface area contributed by atoms with E-state index in [9.17, 15) is 38.4 Å². The molecule has 0 spiro atoms. The van der Waals surface area contributed by atoms with Gasteiger partial charge in [-0.1, -0.05) is 50.2 Å². The number of fused-ring (bicyclic) bond motifs is 4. The van der Waals surface area contributed by atoms with E-state index < -0.39 is 47.8 Å². The van der Waals surface area contributed by atoms with Crippen LogP contribution in [0.3, 0.4) is 0 Å². The van der Waals surface area contributed by atoms with E-state index in [4.69, 9.17) is 9.47 Å². The third-order valence-electron chi connectivity index (χ3n) is 10.5. The summed E-state index contributed by atoms with van der Waals surface area (Å²) in [6.45, 7) is 4.20. The summed E-state index contributed by atoms with van der Waals surface area (Å²) < 4.78 is 30.1. The monoisotopic (exact) mass is 814 g/mol. The van der Waals surface area contributed by atoms with Crippen LogP contribution in [-0.4, -0.2) is 47.8 Å². The topological polar surface area (TPSA) is 192 Å². The summed E-state index contributed by atoms with van der Waals surface area (Å²) >= 11 is 0. The second kappa shape index (κ2) is 14.4. The van der Waals surface area contributed by atoms with E-state index in [-0.39, 0.29) is 49.9 Å². The van der Waals surface area contributed by atoms with Crippen LogP contribution in [0.25, 0.3) is 11.1 Å². The maximum Gasteiger partial charge on any atom is 0.347 e. The van der Waals surface area contributed by atoms with E-state index in [2.05, 4.69) is 32.8 Å². The van der Waals surface area contributed by atoms with Crippen molar-refractivity contribution < 1.29 is 66.8 Å². The Morgan fingerprint density at radius 1 is 0.311 bits per heavy atom. The first-order valence-corrected chi connectivity index (χ1v) is 18.4. The van der Waals surface area contributed by atoms with Gasteiger partial charge in [-0.15, -0.1) is 0 Å². The van der Waals surface area contributed by atoms with Gasteiger partial charge in [0.1, 0.15) is 23.0 Å². The van der Waals surface area contributed by atoms with Gasteiger partial charge in [0.25, 0.3) is 0 Å². The zero-order valence-electron chi connectivity index (χ0n) is 31.8. The average Bonchev–Trinajstić information content (AvgIpc) is 3.92. The van der Waals surface area contributed by atoms with Gasteiger partial charge in [0.2, 0.25) is 0 Å². The fraction of sp³-hybridized carbons (Fsp3) is 0.0638. The zero-order chi connectivity index (χ0) is 42.7. The van der Waals surface area contributed by atoms with Crippen molar-refractivity contribution in [1.29, 1.82) is 0 Å². The molecule has 6 aromatic carbocycles. The molecule has 4 heterocycles. The number of benzene rings is 6. The Labute approximate surface area is 344 Å². The molecule has 298 valence electrons. The third kappa shape index (κ3) is 6.87. The van der Waals surface area contributed by atoms with Crippen LogP contribution in [0, 0.1) is 0 Å². The van der Waals surface area contributed by atoms with Gasteiger partial charge in [0.05, 0.1) is 44.5 Å². The van der Waals surface area contributed by atoms with Crippen molar-refractivity contribution >= 4 is 47.8 Å². The van der Waals surface area contributed by atoms with Gasteiger partial charge < -0.3 is 28.4 Å². The summed E-state index contributed by atoms with van der Waals surface area (Å²) in [4.78, 5) is 92.9. The third-order valence-corrected chi connectivity index (χ3v) is 10.5. The molecule has 4 aliphatic heterocycles. The fourth-order valence-corrected chi connectivity index (χ4v) is 7.10. The van der Waals surface area contributed by atoms with Gasteiger partial charge in [-0.25, -0.2) is 38.4 Å². The molecule has 0 saturated carbocycles. The predicted molar refractivity (Wildman–Crippen MR) is 209 cm³/mol. The minimum absolute atomic E-state index is 0.182. The second-order valence-electron chi connectivity index (χ2n) is 14.5. The summed E-state index contributed by atoms with van der Waals surface area (Å²) in [6.07, 6.45) is 0. The number of rotatable bonds is 7. The predicted octanol–water partition coefficient (Wildman–Crippen LogP) is 8.19. The van der Waals surface area contributed by atoms with Gasteiger partial charge in [0.15, 0.2) is 0 Å². The molecule has 0 unspecified atom stereocenters. The van der Waals surface area contributed by atoms with Crippen LogP contribution in [0.5, 0.6) is 23.0 Å². The Bertz CT molecular complexity index is 2780. The van der Waals surface area contributed by atoms with Crippen molar-refractivity contribution in [2.45, 2.75) is 19.3 Å². The summed E-state index contributed by atoms with van der Waals surface area (Å²) in [5.74, 6) is -3.39. The highest BCUT2D eigenvalue weighted by atomic mass is 16.6. The Balaban J connectivity index is 0.000000182. The lowest BCUT2D eigenvalue weighted by molar-refractivity contribution is 0.0425. The number of ether oxygens (including phenoxy) is 6. The van der Waals surface area contributed by atoms with Gasteiger partial charge in [-0.3, -0.25) is 0 Å². The average molecular weight is 815 g/mol. The summed E-state index contributed by atoms with van der Waals surface area (Å²) in [6, 6.07) is 33.8. The fourth-order valence-electron chi connectivity index (χ4n) is 7.10. The first-order chi connectivity index (χ1) is 29.2. The Morgan fingerprint density at radius 2 is 0.574 bits per heavy atom. The molecule has 4 aliphatic rings. The van der Waals surface area contributed by atoms with Crippen LogP contribution in [0.2, 0.25) is 0 Å². The molecule has 0 atom stereocenters. The summed E-state index contributed by atoms with van der Waals surface area (Å²) in [5.41, 5.74) is 4.64. The molecular formula is C47H26O14. The van der Waals surface area contributed by atoms with Gasteiger partial charge >= 0.3 is 47.8 Å². The molecule has 10 rings (SSSR count). The molecule has 0 aromatic heterocycles. The van der Waals surface area contributed by atoms with E-state index in [1.54, 1.807) is 24.3 Å². The lowest BCUT2D eigenvalue weighted by Gasteiger charge is -2.26. The number of esters is 8. The van der Waals surface area contributed by atoms with Crippen molar-refractivity contribution in [2.75, 3.05) is 0 Å². The molecule has 6 aromatic rings. The number of cyclic esters (lactones) is 8. The highest BCUT2D eigenvalue weighted by Gasteiger charge is 2.33. The van der Waals surface area contributed by atoms with Gasteiger partial charge in [0, 0.05) is 5.41 Å². The number of carbonyl (C=O) groups is 8. The van der Waals surface area contributed by atoms with Crippen molar-refractivity contribution in [3.8, 4) is 34.1 Å². The minimum Gasteiger partial charge on any atom is -0.457 e. The largest absolute Gasteiger partial charge is 0.457 e. The molecule has 0 aliphatic carbocycles. The van der Waals surface area contributed by atoms with Crippen LogP contribution in [0.1, 0.15) is 108 Å². The molecule has 0 radical (unpaired) electrons. The van der Waals surface area contributed by atoms with Crippen molar-refractivity contribution in [1.82, 2.24) is 0 Å². The van der Waals surface area contributed by atoms with Crippen molar-refractivity contribution in [3.05, 3.63) is 177 Å². The smallest absolute Gasteiger partial charge is 0.347 e. The Hall–Kier alpha value is -8.52. The first-order valence-electron chi connectivity index (χ1n) is 18.4. The molecule has 61 heavy (non-hydrogen) atoms. The normalized spacial score (nSPS) is 14.5. The van der Waals surface area contributed by atoms with Gasteiger partial charge in [-0.2, -0.15) is 0 Å². The standard InChI is InChI=1S/C31H20O8.C16H6O6/c1-31(2,17-3-7-19(8-4-17)36-21-11-13-23-25(15-21)29(34)38-27(23)32)18-5-9-20(10-6-18)37-22-12-14-24-26(16-22)30(35)39-28(24)33;17-13-9-3-1-7(5-11(9)15(19)21-13)8-2-4-10-12(6-8)16(20)22-14(10)18/h3-16H,1-2H3;1-6H. The summed E-state index contributed by atoms with van der Waals surface area (Å²) in [5, 5.41) is 0. The molecule has 0 bridgehead atoms. The van der Waals surface area contributed by atoms with Crippen LogP contribution in [0.15, 0.2) is 121 Å². The minimum atomic E-state index is -0.697. The first kappa shape index (κ1) is 38.0. The quantitative estimate of drug-likeness (QED) is 0.0851. The number of carbonyl (C=O) groups excluding carboxylic acids is 8. The molecule has 0 amide bonds.